The molecule has 1 unspecified atom stereocenters. The van der Waals surface area contributed by atoms with E-state index in [-0.39, 0.29) is 50.7 Å². The van der Waals surface area contributed by atoms with E-state index in [1.807, 2.05) is 47.4 Å². The van der Waals surface area contributed by atoms with Crippen LogP contribution in [0.2, 0.25) is 0 Å². The molecule has 0 saturated carbocycles. The Bertz CT molecular complexity index is 1150. The molecule has 0 spiro atoms. The molecule has 2 heterocycles. The smallest absolute Gasteiger partial charge is 0.317 e. The number of carboxylic acid groups (broad SMARTS) is 3. The number of aromatic nitrogens is 1. The third-order valence-corrected chi connectivity index (χ3v) is 7.49. The van der Waals surface area contributed by atoms with E-state index in [0.29, 0.717) is 36.8 Å². The molecule has 1 aromatic heterocycles. The van der Waals surface area contributed by atoms with Crippen molar-refractivity contribution in [1.82, 2.24) is 19.7 Å². The molecule has 0 fully saturated rings. The normalized spacial score (nSPS) is 18.4. The summed E-state index contributed by atoms with van der Waals surface area (Å²) in [4.78, 5) is 45.2. The molecule has 3 rings (SSSR count). The predicted molar refractivity (Wildman–Crippen MR) is 154 cm³/mol. The summed E-state index contributed by atoms with van der Waals surface area (Å²) in [6.07, 6.45) is 0.483. The number of hydrogen-bond acceptors (Lipinski definition) is 9. The molecule has 0 amide bonds. The number of carboxylic acids is 3. The number of nitrogens with one attached hydrogen (secondary N) is 1. The first-order chi connectivity index (χ1) is 19.0. The Kier molecular flexibility index (Phi) is 11.7. The van der Waals surface area contributed by atoms with E-state index in [1.165, 1.54) is 0 Å². The molecular weight excluding hydrogens is 534 g/mol. The summed E-state index contributed by atoms with van der Waals surface area (Å²) < 4.78 is 0. The molecule has 218 valence electrons. The minimum atomic E-state index is -1.01. The number of pyridine rings is 1. The lowest BCUT2D eigenvalue weighted by Gasteiger charge is -2.36. The fourth-order valence-electron chi connectivity index (χ4n) is 4.70. The largest absolute Gasteiger partial charge is 0.480 e. The first-order valence-electron chi connectivity index (χ1n) is 13.3. The number of anilines is 1. The van der Waals surface area contributed by atoms with Crippen molar-refractivity contribution < 1.29 is 29.7 Å². The number of nitrogens with zero attached hydrogens (tertiary/aromatic N) is 4. The van der Waals surface area contributed by atoms with Crippen LogP contribution in [-0.4, -0.2) is 104 Å². The summed E-state index contributed by atoms with van der Waals surface area (Å²) in [6, 6.07) is 13.0. The second-order valence-corrected chi connectivity index (χ2v) is 11.1. The quantitative estimate of drug-likeness (QED) is 0.199. The third-order valence-electron chi connectivity index (χ3n) is 6.76. The Morgan fingerprint density at radius 3 is 2.08 bits per heavy atom. The van der Waals surface area contributed by atoms with Gasteiger partial charge in [0.1, 0.15) is 0 Å². The molecule has 11 nitrogen and oxygen atoms in total. The molecule has 12 heteroatoms. The van der Waals surface area contributed by atoms with Crippen molar-refractivity contribution in [2.24, 2.45) is 5.92 Å². The maximum atomic E-state index is 11.9. The molecule has 0 radical (unpaired) electrons. The fourth-order valence-corrected chi connectivity index (χ4v) is 4.85. The molecule has 0 aliphatic carbocycles. The van der Waals surface area contributed by atoms with Gasteiger partial charge < -0.3 is 20.6 Å². The molecular formula is C28H39N5O6S. The molecule has 1 aliphatic rings. The van der Waals surface area contributed by atoms with Gasteiger partial charge in [0, 0.05) is 44.5 Å². The second kappa shape index (κ2) is 15.0. The van der Waals surface area contributed by atoms with Crippen LogP contribution in [0.3, 0.4) is 0 Å². The van der Waals surface area contributed by atoms with E-state index in [9.17, 15) is 29.7 Å². The van der Waals surface area contributed by atoms with Crippen LogP contribution in [0.5, 0.6) is 0 Å². The number of benzene rings is 1. The van der Waals surface area contributed by atoms with Gasteiger partial charge >= 0.3 is 17.9 Å². The highest BCUT2D eigenvalue weighted by Gasteiger charge is 2.27. The van der Waals surface area contributed by atoms with Gasteiger partial charge in [-0.2, -0.15) is 12.6 Å². The van der Waals surface area contributed by atoms with Crippen LogP contribution in [-0.2, 0) is 33.9 Å². The van der Waals surface area contributed by atoms with Crippen molar-refractivity contribution >= 4 is 36.2 Å². The third kappa shape index (κ3) is 10.4. The van der Waals surface area contributed by atoms with Crippen molar-refractivity contribution in [2.75, 3.05) is 44.6 Å². The van der Waals surface area contributed by atoms with Crippen LogP contribution in [0.4, 0.5) is 5.69 Å². The summed E-state index contributed by atoms with van der Waals surface area (Å²) in [7, 11) is 0. The SMILES string of the molecule is CC(C)C(S)Nc1ccc(C[C@H]2CN(CC(=O)O)CCN(CC(=O)O)Cc3cccc(n3)CN2CC(=O)O)cc1. The first kappa shape index (κ1) is 31.3. The summed E-state index contributed by atoms with van der Waals surface area (Å²) >= 11 is 4.58. The maximum absolute atomic E-state index is 11.9. The highest BCUT2D eigenvalue weighted by molar-refractivity contribution is 7.81. The maximum Gasteiger partial charge on any atom is 0.317 e. The van der Waals surface area contributed by atoms with Gasteiger partial charge in [-0.1, -0.05) is 32.0 Å². The van der Waals surface area contributed by atoms with E-state index in [2.05, 4.69) is 31.8 Å². The number of rotatable bonds is 11. The molecule has 2 atom stereocenters. The Morgan fingerprint density at radius 1 is 0.900 bits per heavy atom. The van der Waals surface area contributed by atoms with Gasteiger partial charge in [0.15, 0.2) is 0 Å². The van der Waals surface area contributed by atoms with Crippen molar-refractivity contribution in [1.29, 1.82) is 0 Å². The number of thiol groups is 1. The minimum Gasteiger partial charge on any atom is -0.480 e. The molecule has 40 heavy (non-hydrogen) atoms. The zero-order chi connectivity index (χ0) is 29.2. The lowest BCUT2D eigenvalue weighted by Crippen LogP contribution is -2.50. The highest BCUT2D eigenvalue weighted by atomic mass is 32.1. The van der Waals surface area contributed by atoms with Crippen molar-refractivity contribution in [2.45, 2.75) is 44.8 Å². The van der Waals surface area contributed by atoms with Crippen molar-refractivity contribution in [3.05, 3.63) is 59.4 Å². The number of hydrogen-bond donors (Lipinski definition) is 5. The van der Waals surface area contributed by atoms with Crippen LogP contribution in [0.1, 0.15) is 30.8 Å². The van der Waals surface area contributed by atoms with Gasteiger partial charge in [0.25, 0.3) is 0 Å². The van der Waals surface area contributed by atoms with Crippen LogP contribution in [0, 0.1) is 5.92 Å². The zero-order valence-electron chi connectivity index (χ0n) is 22.9. The molecule has 4 N–H and O–H groups in total. The summed E-state index contributed by atoms with van der Waals surface area (Å²) in [6.45, 7) is 4.91. The Balaban J connectivity index is 1.94. The minimum absolute atomic E-state index is 0.00301. The van der Waals surface area contributed by atoms with Gasteiger partial charge in [0.2, 0.25) is 0 Å². The van der Waals surface area contributed by atoms with E-state index >= 15 is 0 Å². The van der Waals surface area contributed by atoms with Crippen LogP contribution in [0.15, 0.2) is 42.5 Å². The van der Waals surface area contributed by atoms with Gasteiger partial charge in [-0.3, -0.25) is 34.1 Å². The van der Waals surface area contributed by atoms with Gasteiger partial charge in [-0.05, 0) is 42.2 Å². The summed E-state index contributed by atoms with van der Waals surface area (Å²) in [5.41, 5.74) is 3.23. The zero-order valence-corrected chi connectivity index (χ0v) is 23.8. The fraction of sp³-hybridized carbons (Fsp3) is 0.500. The van der Waals surface area contributed by atoms with Crippen molar-refractivity contribution in [3.63, 3.8) is 0 Å². The van der Waals surface area contributed by atoms with Gasteiger partial charge in [-0.25, -0.2) is 0 Å². The van der Waals surface area contributed by atoms with Crippen LogP contribution in [0.25, 0.3) is 0 Å². The summed E-state index contributed by atoms with van der Waals surface area (Å²) in [5, 5.41) is 32.1. The lowest BCUT2D eigenvalue weighted by molar-refractivity contribution is -0.141. The van der Waals surface area contributed by atoms with Crippen LogP contribution >= 0.6 is 12.6 Å². The molecule has 2 bridgehead atoms. The average Bonchev–Trinajstić information content (AvgIpc) is 2.86. The molecule has 1 aliphatic heterocycles. The van der Waals surface area contributed by atoms with Gasteiger partial charge in [-0.15, -0.1) is 0 Å². The second-order valence-electron chi connectivity index (χ2n) is 10.5. The van der Waals surface area contributed by atoms with E-state index in [0.717, 1.165) is 11.3 Å². The van der Waals surface area contributed by atoms with E-state index in [4.69, 9.17) is 4.98 Å². The topological polar surface area (TPSA) is 147 Å². The highest BCUT2D eigenvalue weighted by Crippen LogP contribution is 2.20. The molecule has 2 aromatic rings. The average molecular weight is 574 g/mol. The lowest BCUT2D eigenvalue weighted by atomic mass is 10.0. The standard InChI is InChI=1S/C28H39N5O6S/c1-19(2)28(40)30-21-8-6-20(7-9-21)12-24-15-32(17-26(36)37)11-10-31(16-25(34)35)13-22-4-3-5-23(29-22)14-33(24)18-27(38)39/h3-9,19,24,28,30,40H,10-18H2,1-2H3,(H,34,35)(H,36,37)(H,38,39)/t24-,28?/m0/s1. The summed E-state index contributed by atoms with van der Waals surface area (Å²) in [5.74, 6) is -2.63. The number of fused-ring (bicyclic) bond motifs is 2. The molecule has 1 aromatic carbocycles. The Hall–Kier alpha value is -3.19. The van der Waals surface area contributed by atoms with Crippen molar-refractivity contribution in [3.8, 4) is 0 Å². The van der Waals surface area contributed by atoms with E-state index in [1.54, 1.807) is 9.80 Å². The predicted octanol–water partition coefficient (Wildman–Crippen LogP) is 2.19. The molecule has 0 saturated heterocycles. The monoisotopic (exact) mass is 573 g/mol. The van der Waals surface area contributed by atoms with Crippen LogP contribution < -0.4 is 5.32 Å². The van der Waals surface area contributed by atoms with Gasteiger partial charge in [0.05, 0.1) is 36.4 Å². The number of carbonyl (C=O) groups is 3. The Morgan fingerprint density at radius 2 is 1.48 bits per heavy atom. The number of aliphatic carboxylic acids is 3. The Labute approximate surface area is 240 Å². The first-order valence-corrected chi connectivity index (χ1v) is 13.8. The van der Waals surface area contributed by atoms with E-state index < -0.39 is 17.9 Å².